The van der Waals surface area contributed by atoms with Gasteiger partial charge in [0, 0.05) is 0 Å². The Balaban J connectivity index is 2.54. The second kappa shape index (κ2) is 36.6. The smallest absolute Gasteiger partial charge is 0.320 e. The van der Waals surface area contributed by atoms with Gasteiger partial charge in [-0.1, -0.05) is 247 Å². The lowest BCUT2D eigenvalue weighted by molar-refractivity contribution is -0.162. The van der Waals surface area contributed by atoms with Gasteiger partial charge < -0.3 is 14.6 Å². The van der Waals surface area contributed by atoms with Crippen LogP contribution in [-0.4, -0.2) is 30.3 Å². The average Bonchev–Trinajstić information content (AvgIpc) is 3.21. The van der Waals surface area contributed by atoms with Crippen LogP contribution < -0.4 is 0 Å². The van der Waals surface area contributed by atoms with Gasteiger partial charge in [0.15, 0.2) is 5.92 Å². The Morgan fingerprint density at radius 3 is 1.03 bits per heavy atom. The summed E-state index contributed by atoms with van der Waals surface area (Å²) in [5.74, 6) is -1.62. The van der Waals surface area contributed by atoms with Gasteiger partial charge in [0.1, 0.15) is 5.75 Å². The first-order chi connectivity index (χ1) is 28.6. The molecule has 1 aromatic carbocycles. The molecule has 5 nitrogen and oxygen atoms in total. The van der Waals surface area contributed by atoms with Crippen molar-refractivity contribution >= 4 is 11.9 Å². The van der Waals surface area contributed by atoms with Gasteiger partial charge in [-0.25, -0.2) is 0 Å². The normalized spacial score (nSPS) is 11.8. The van der Waals surface area contributed by atoms with Crippen molar-refractivity contribution in [1.29, 1.82) is 0 Å². The van der Waals surface area contributed by atoms with Gasteiger partial charge in [-0.3, -0.25) is 9.59 Å². The topological polar surface area (TPSA) is 72.8 Å². The number of ether oxygens (including phenoxy) is 2. The van der Waals surface area contributed by atoms with E-state index in [-0.39, 0.29) is 11.8 Å². The molecule has 0 amide bonds. The minimum absolute atomic E-state index is 0.231. The summed E-state index contributed by atoms with van der Waals surface area (Å²) in [6.45, 7) is 15.6. The molecule has 0 saturated heterocycles. The highest BCUT2D eigenvalue weighted by molar-refractivity contribution is 5.95. The molecule has 0 unspecified atom stereocenters. The fraction of sp³-hybridized carbons (Fsp3) is 0.852. The number of hydrogen-bond acceptors (Lipinski definition) is 5. The van der Waals surface area contributed by atoms with Crippen molar-refractivity contribution in [1.82, 2.24) is 0 Å². The number of carbonyl (C=O) groups is 2. The fourth-order valence-electron chi connectivity index (χ4n) is 8.73. The number of carbonyl (C=O) groups excluding carboxylic acids is 2. The molecular weight excluding hydrogens is 729 g/mol. The number of aromatic hydroxyl groups is 1. The fourth-order valence-corrected chi connectivity index (χ4v) is 8.73. The first kappa shape index (κ1) is 55.0. The Labute approximate surface area is 366 Å². The first-order valence-electron chi connectivity index (χ1n) is 25.8. The third-order valence-corrected chi connectivity index (χ3v) is 12.6. The van der Waals surface area contributed by atoms with Crippen LogP contribution in [0, 0.1) is 5.92 Å². The molecule has 0 aliphatic carbocycles. The van der Waals surface area contributed by atoms with E-state index in [1.165, 1.54) is 167 Å². The number of esters is 2. The maximum atomic E-state index is 13.7. The maximum absolute atomic E-state index is 13.7. The third kappa shape index (κ3) is 26.8. The Hall–Kier alpha value is -2.04. The van der Waals surface area contributed by atoms with Crippen LogP contribution in [0.4, 0.5) is 0 Å². The van der Waals surface area contributed by atoms with Crippen LogP contribution in [0.3, 0.4) is 0 Å². The minimum Gasteiger partial charge on any atom is -0.507 e. The van der Waals surface area contributed by atoms with Crippen LogP contribution in [0.2, 0.25) is 0 Å². The van der Waals surface area contributed by atoms with Gasteiger partial charge >= 0.3 is 11.9 Å². The third-order valence-electron chi connectivity index (χ3n) is 12.6. The van der Waals surface area contributed by atoms with E-state index in [2.05, 4.69) is 48.5 Å². The average molecular weight is 827 g/mol. The molecule has 0 aromatic heterocycles. The molecule has 344 valence electrons. The molecule has 0 heterocycles. The van der Waals surface area contributed by atoms with Crippen LogP contribution in [0.1, 0.15) is 276 Å². The maximum Gasteiger partial charge on any atom is 0.320 e. The summed E-state index contributed by atoms with van der Waals surface area (Å²) in [7, 11) is 0. The van der Waals surface area contributed by atoms with E-state index < -0.39 is 17.9 Å². The van der Waals surface area contributed by atoms with Gasteiger partial charge in [-0.15, -0.1) is 0 Å². The summed E-state index contributed by atoms with van der Waals surface area (Å²) in [5, 5.41) is 11.3. The summed E-state index contributed by atoms with van der Waals surface area (Å²) in [4.78, 5) is 27.3. The number of benzene rings is 1. The zero-order valence-electron chi connectivity index (χ0n) is 40.4. The molecule has 1 rings (SSSR count). The molecule has 1 N–H and O–H groups in total. The molecule has 1 aromatic rings. The van der Waals surface area contributed by atoms with Crippen molar-refractivity contribution in [3.63, 3.8) is 0 Å². The summed E-state index contributed by atoms with van der Waals surface area (Å²) >= 11 is 0. The van der Waals surface area contributed by atoms with Crippen molar-refractivity contribution in [2.75, 3.05) is 13.2 Å². The predicted molar refractivity (Wildman–Crippen MR) is 254 cm³/mol. The lowest BCUT2D eigenvalue weighted by Gasteiger charge is -2.26. The Morgan fingerprint density at radius 2 is 0.763 bits per heavy atom. The monoisotopic (exact) mass is 827 g/mol. The van der Waals surface area contributed by atoms with Gasteiger partial charge in [0.2, 0.25) is 0 Å². The van der Waals surface area contributed by atoms with Crippen molar-refractivity contribution in [3.8, 4) is 5.75 Å². The molecule has 0 aliphatic rings. The Bertz CT molecular complexity index is 1120. The number of rotatable bonds is 40. The highest BCUT2D eigenvalue weighted by Crippen LogP contribution is 2.38. The van der Waals surface area contributed by atoms with Crippen LogP contribution in [0.15, 0.2) is 6.07 Å². The molecule has 0 radical (unpaired) electrons. The molecule has 0 bridgehead atoms. The number of unbranched alkanes of at least 4 members (excludes halogenated alkanes) is 30. The molecule has 0 fully saturated rings. The van der Waals surface area contributed by atoms with Crippen molar-refractivity contribution in [2.24, 2.45) is 5.92 Å². The second-order valence-corrected chi connectivity index (χ2v) is 19.0. The Morgan fingerprint density at radius 1 is 0.475 bits per heavy atom. The molecule has 0 aliphatic heterocycles. The van der Waals surface area contributed by atoms with E-state index in [0.717, 1.165) is 60.8 Å². The van der Waals surface area contributed by atoms with Crippen LogP contribution >= 0.6 is 0 Å². The van der Waals surface area contributed by atoms with Crippen molar-refractivity contribution in [2.45, 2.75) is 279 Å². The van der Waals surface area contributed by atoms with E-state index in [1.807, 2.05) is 6.07 Å². The van der Waals surface area contributed by atoms with Gasteiger partial charge in [-0.2, -0.15) is 0 Å². The van der Waals surface area contributed by atoms with Gasteiger partial charge in [-0.05, 0) is 59.8 Å². The summed E-state index contributed by atoms with van der Waals surface area (Å²) in [6.07, 6.45) is 43.1. The quantitative estimate of drug-likeness (QED) is 0.0405. The molecule has 59 heavy (non-hydrogen) atoms. The highest BCUT2D eigenvalue weighted by atomic mass is 16.6. The number of phenolic OH excluding ortho intramolecular Hbond substituents is 1. The minimum atomic E-state index is -1.01. The molecule has 0 saturated carbocycles. The van der Waals surface area contributed by atoms with E-state index in [9.17, 15) is 14.7 Å². The zero-order valence-corrected chi connectivity index (χ0v) is 40.4. The van der Waals surface area contributed by atoms with Crippen molar-refractivity contribution in [3.05, 3.63) is 28.3 Å². The molecule has 0 spiro atoms. The van der Waals surface area contributed by atoms with Crippen LogP contribution in [0.25, 0.3) is 0 Å². The largest absolute Gasteiger partial charge is 0.507 e. The van der Waals surface area contributed by atoms with Gasteiger partial charge in [0.05, 0.1) is 13.2 Å². The van der Waals surface area contributed by atoms with Crippen molar-refractivity contribution < 1.29 is 24.2 Å². The molecule has 5 heteroatoms. The number of hydrogen-bond donors (Lipinski definition) is 1. The number of phenols is 1. The zero-order chi connectivity index (χ0) is 43.4. The first-order valence-corrected chi connectivity index (χ1v) is 25.8. The van der Waals surface area contributed by atoms with Crippen LogP contribution in [0.5, 0.6) is 5.75 Å². The standard InChI is InChI=1S/C54H98O5/c1-8-12-14-16-18-20-22-24-26-28-30-32-34-36-38-40-42-58-52(56)49(44-46-45-50(54(5,6)7)51(55)48(11-4)47(46)10-3)53(57)59-43-41-39-37-35-33-31-29-27-25-23-21-19-17-15-13-9-2/h45,49,55H,8-44H2,1-7H3. The van der Waals surface area contributed by atoms with Gasteiger partial charge in [0.25, 0.3) is 0 Å². The lowest BCUT2D eigenvalue weighted by Crippen LogP contribution is -2.31. The summed E-state index contributed by atoms with van der Waals surface area (Å²) in [6, 6.07) is 2.02. The summed E-state index contributed by atoms with van der Waals surface area (Å²) < 4.78 is 11.6. The van der Waals surface area contributed by atoms with E-state index in [1.54, 1.807) is 0 Å². The van der Waals surface area contributed by atoms with Crippen LogP contribution in [-0.2, 0) is 43.7 Å². The molecular formula is C54H98O5. The van der Waals surface area contributed by atoms with E-state index >= 15 is 0 Å². The lowest BCUT2D eigenvalue weighted by atomic mass is 9.80. The Kier molecular flexibility index (Phi) is 34.1. The second-order valence-electron chi connectivity index (χ2n) is 19.0. The molecule has 0 atom stereocenters. The highest BCUT2D eigenvalue weighted by Gasteiger charge is 2.33. The SMILES string of the molecule is CCCCCCCCCCCCCCCCCCOC(=O)C(Cc1cc(C(C)(C)C)c(O)c(CC)c1CC)C(=O)OCCCCCCCCCCCCCCCCCC. The van der Waals surface area contributed by atoms with E-state index in [0.29, 0.717) is 31.8 Å². The summed E-state index contributed by atoms with van der Waals surface area (Å²) in [5.41, 5.74) is 3.45. The van der Waals surface area contributed by atoms with E-state index in [4.69, 9.17) is 9.47 Å². The predicted octanol–water partition coefficient (Wildman–Crippen LogP) is 16.6.